The third-order valence-electron chi connectivity index (χ3n) is 2.16. The van der Waals surface area contributed by atoms with Crippen molar-refractivity contribution in [1.82, 2.24) is 4.31 Å². The van der Waals surface area contributed by atoms with Gasteiger partial charge in [0, 0.05) is 0 Å². The van der Waals surface area contributed by atoms with Gasteiger partial charge in [0.05, 0.1) is 7.11 Å². The Morgan fingerprint density at radius 2 is 1.94 bits per heavy atom. The van der Waals surface area contributed by atoms with Crippen LogP contribution in [0.15, 0.2) is 0 Å². The second-order valence-electron chi connectivity index (χ2n) is 4.73. The Labute approximate surface area is 99.9 Å². The van der Waals surface area contributed by atoms with Gasteiger partial charge in [-0.05, 0) is 34.6 Å². The number of carbonyl (C=O) groups is 1. The zero-order valence-electron chi connectivity index (χ0n) is 10.6. The SMILES string of the molecule is CO[S+]1OC(C)C(C)N1C(=O)OC(C)(C)C. The molecule has 0 bridgehead atoms. The van der Waals surface area contributed by atoms with Crippen LogP contribution >= 0.6 is 0 Å². The van der Waals surface area contributed by atoms with Gasteiger partial charge in [0.2, 0.25) is 0 Å². The zero-order chi connectivity index (χ0) is 12.5. The number of ether oxygens (including phenoxy) is 1. The van der Waals surface area contributed by atoms with Gasteiger partial charge in [-0.1, -0.05) is 4.31 Å². The van der Waals surface area contributed by atoms with Crippen LogP contribution in [0.1, 0.15) is 34.6 Å². The van der Waals surface area contributed by atoms with Crippen molar-refractivity contribution in [1.29, 1.82) is 0 Å². The molecule has 3 unspecified atom stereocenters. The van der Waals surface area contributed by atoms with Crippen molar-refractivity contribution in [3.63, 3.8) is 0 Å². The topological polar surface area (TPSA) is 48.0 Å². The highest BCUT2D eigenvalue weighted by Gasteiger charge is 2.55. The van der Waals surface area contributed by atoms with Crippen LogP contribution in [0.2, 0.25) is 0 Å². The van der Waals surface area contributed by atoms with Crippen LogP contribution < -0.4 is 0 Å². The molecule has 6 heteroatoms. The summed E-state index contributed by atoms with van der Waals surface area (Å²) in [5.74, 6) is 0. The zero-order valence-corrected chi connectivity index (χ0v) is 11.5. The van der Waals surface area contributed by atoms with Gasteiger partial charge in [0.25, 0.3) is 0 Å². The first-order valence-electron chi connectivity index (χ1n) is 5.24. The average molecular weight is 250 g/mol. The maximum atomic E-state index is 11.9. The molecule has 1 fully saturated rings. The lowest BCUT2D eigenvalue weighted by Crippen LogP contribution is -2.42. The molecule has 1 aliphatic heterocycles. The summed E-state index contributed by atoms with van der Waals surface area (Å²) in [6.45, 7) is 9.33. The van der Waals surface area contributed by atoms with Crippen molar-refractivity contribution >= 4 is 17.7 Å². The van der Waals surface area contributed by atoms with Crippen molar-refractivity contribution in [2.24, 2.45) is 0 Å². The number of amides is 1. The summed E-state index contributed by atoms with van der Waals surface area (Å²) in [6, 6.07) is -0.0434. The maximum absolute atomic E-state index is 11.9. The van der Waals surface area contributed by atoms with Gasteiger partial charge in [0.15, 0.2) is 0 Å². The summed E-state index contributed by atoms with van der Waals surface area (Å²) in [6.07, 6.45) is -0.440. The lowest BCUT2D eigenvalue weighted by Gasteiger charge is -2.22. The molecule has 94 valence electrons. The fraction of sp³-hybridized carbons (Fsp3) is 0.900. The Kier molecular flexibility index (Phi) is 4.09. The molecule has 1 saturated heterocycles. The standard InChI is InChI=1S/C10H20NO4S/c1-7-8(2)15-16(13-6)11(7)9(12)14-10(3,4)5/h7-8H,1-6H3/q+1. The normalized spacial score (nSPS) is 30.6. The van der Waals surface area contributed by atoms with E-state index in [1.165, 1.54) is 11.4 Å². The van der Waals surface area contributed by atoms with E-state index in [-0.39, 0.29) is 12.1 Å². The smallest absolute Gasteiger partial charge is 0.441 e. The highest BCUT2D eigenvalue weighted by atomic mass is 32.2. The van der Waals surface area contributed by atoms with Gasteiger partial charge in [-0.25, -0.2) is 4.79 Å². The molecular weight excluding hydrogens is 230 g/mol. The van der Waals surface area contributed by atoms with E-state index in [1.807, 2.05) is 34.6 Å². The summed E-state index contributed by atoms with van der Waals surface area (Å²) in [5.41, 5.74) is -0.509. The predicted molar refractivity (Wildman–Crippen MR) is 62.5 cm³/mol. The lowest BCUT2D eigenvalue weighted by molar-refractivity contribution is 0.0349. The van der Waals surface area contributed by atoms with Crippen LogP contribution in [-0.2, 0) is 24.7 Å². The molecule has 0 aromatic heterocycles. The van der Waals surface area contributed by atoms with Crippen molar-refractivity contribution in [3.8, 4) is 0 Å². The Morgan fingerprint density at radius 3 is 2.38 bits per heavy atom. The maximum Gasteiger partial charge on any atom is 0.460 e. The molecule has 0 aliphatic carbocycles. The van der Waals surface area contributed by atoms with Crippen molar-refractivity contribution in [3.05, 3.63) is 0 Å². The van der Waals surface area contributed by atoms with E-state index in [0.717, 1.165) is 0 Å². The highest BCUT2D eigenvalue weighted by molar-refractivity contribution is 7.86. The Bertz CT molecular complexity index is 266. The highest BCUT2D eigenvalue weighted by Crippen LogP contribution is 2.28. The molecule has 1 amide bonds. The van der Waals surface area contributed by atoms with Gasteiger partial charge in [-0.15, -0.1) is 8.37 Å². The summed E-state index contributed by atoms with van der Waals surface area (Å²) in [5, 5.41) is 0. The fourth-order valence-electron chi connectivity index (χ4n) is 1.24. The van der Waals surface area contributed by atoms with E-state index >= 15 is 0 Å². The molecule has 0 spiro atoms. The Morgan fingerprint density at radius 1 is 1.38 bits per heavy atom. The largest absolute Gasteiger partial charge is 0.460 e. The van der Waals surface area contributed by atoms with Crippen LogP contribution in [0.25, 0.3) is 0 Å². The lowest BCUT2D eigenvalue weighted by atomic mass is 10.2. The molecule has 5 nitrogen and oxygen atoms in total. The van der Waals surface area contributed by atoms with Crippen LogP contribution in [0.3, 0.4) is 0 Å². The second-order valence-corrected chi connectivity index (χ2v) is 6.09. The van der Waals surface area contributed by atoms with Gasteiger partial charge >= 0.3 is 17.7 Å². The molecule has 1 aliphatic rings. The minimum atomic E-state index is -0.938. The molecule has 1 rings (SSSR count). The van der Waals surface area contributed by atoms with Gasteiger partial charge < -0.3 is 4.74 Å². The Balaban J connectivity index is 2.73. The van der Waals surface area contributed by atoms with Crippen LogP contribution in [0, 0.1) is 0 Å². The van der Waals surface area contributed by atoms with E-state index in [2.05, 4.69) is 0 Å². The van der Waals surface area contributed by atoms with E-state index in [0.29, 0.717) is 0 Å². The van der Waals surface area contributed by atoms with Crippen LogP contribution in [-0.4, -0.2) is 35.3 Å². The fourth-order valence-corrected chi connectivity index (χ4v) is 2.59. The molecule has 0 saturated carbocycles. The van der Waals surface area contributed by atoms with Crippen molar-refractivity contribution in [2.45, 2.75) is 52.4 Å². The molecule has 3 atom stereocenters. The van der Waals surface area contributed by atoms with E-state index < -0.39 is 23.3 Å². The van der Waals surface area contributed by atoms with E-state index in [1.54, 1.807) is 0 Å². The first kappa shape index (κ1) is 13.6. The van der Waals surface area contributed by atoms with Crippen LogP contribution in [0.5, 0.6) is 0 Å². The molecule has 1 heterocycles. The molecule has 0 aromatic rings. The van der Waals surface area contributed by atoms with Gasteiger partial charge in [-0.3, -0.25) is 0 Å². The minimum Gasteiger partial charge on any atom is -0.441 e. The third kappa shape index (κ3) is 3.02. The number of carbonyl (C=O) groups excluding carboxylic acids is 1. The minimum absolute atomic E-state index is 0.0434. The summed E-state index contributed by atoms with van der Waals surface area (Å²) >= 11 is -0.938. The third-order valence-corrected chi connectivity index (χ3v) is 3.72. The monoisotopic (exact) mass is 250 g/mol. The predicted octanol–water partition coefficient (Wildman–Crippen LogP) is 2.04. The van der Waals surface area contributed by atoms with Gasteiger partial charge in [0.1, 0.15) is 17.7 Å². The molecular formula is C10H20NO4S+. The molecule has 0 radical (unpaired) electrons. The average Bonchev–Trinajstić information content (AvgIpc) is 2.40. The summed E-state index contributed by atoms with van der Waals surface area (Å²) in [4.78, 5) is 11.9. The summed E-state index contributed by atoms with van der Waals surface area (Å²) < 4.78 is 17.4. The van der Waals surface area contributed by atoms with Crippen molar-refractivity contribution < 1.29 is 17.9 Å². The van der Waals surface area contributed by atoms with Crippen LogP contribution in [0.4, 0.5) is 4.79 Å². The van der Waals surface area contributed by atoms with E-state index in [9.17, 15) is 4.79 Å². The first-order valence-corrected chi connectivity index (χ1v) is 6.27. The number of hydrogen-bond donors (Lipinski definition) is 0. The quantitative estimate of drug-likeness (QED) is 0.668. The first-order chi connectivity index (χ1) is 7.26. The molecule has 16 heavy (non-hydrogen) atoms. The summed E-state index contributed by atoms with van der Waals surface area (Å²) in [7, 11) is 1.52. The molecule has 0 aromatic carbocycles. The van der Waals surface area contributed by atoms with Gasteiger partial charge in [-0.2, -0.15) is 0 Å². The molecule has 0 N–H and O–H groups in total. The Hall–Kier alpha value is -0.460. The number of hydrogen-bond acceptors (Lipinski definition) is 4. The number of nitrogens with zero attached hydrogens (tertiary/aromatic N) is 1. The number of rotatable bonds is 1. The van der Waals surface area contributed by atoms with E-state index in [4.69, 9.17) is 13.1 Å². The van der Waals surface area contributed by atoms with Crippen molar-refractivity contribution in [2.75, 3.05) is 7.11 Å². The second kappa shape index (κ2) is 4.81.